The van der Waals surface area contributed by atoms with Crippen LogP contribution in [0.25, 0.3) is 66.4 Å². The Morgan fingerprint density at radius 3 is 2.16 bits per heavy atom. The molecule has 0 atom stereocenters. The summed E-state index contributed by atoms with van der Waals surface area (Å²) < 4.78 is 9.23. The van der Waals surface area contributed by atoms with Crippen LogP contribution >= 0.6 is 0 Å². The van der Waals surface area contributed by atoms with Crippen molar-refractivity contribution in [3.8, 4) is 39.6 Å². The van der Waals surface area contributed by atoms with Gasteiger partial charge in [-0.15, -0.1) is 0 Å². The van der Waals surface area contributed by atoms with Gasteiger partial charge in [-0.3, -0.25) is 0 Å². The van der Waals surface area contributed by atoms with Crippen molar-refractivity contribution in [2.75, 3.05) is 0 Å². The molecular formula is C41H33N2O+. The zero-order valence-corrected chi connectivity index (χ0v) is 25.1. The molecule has 0 radical (unpaired) electrons. The normalized spacial score (nSPS) is 13.7. The zero-order valence-electron chi connectivity index (χ0n) is 25.1. The van der Waals surface area contributed by atoms with Crippen LogP contribution in [0.2, 0.25) is 0 Å². The topological polar surface area (TPSA) is 40.8 Å². The minimum atomic E-state index is 0.607. The Morgan fingerprint density at radius 1 is 0.682 bits per heavy atom. The maximum absolute atomic E-state index is 10.2. The van der Waals surface area contributed by atoms with E-state index in [-0.39, 0.29) is 0 Å². The lowest BCUT2D eigenvalue weighted by Gasteiger charge is -2.13. The summed E-state index contributed by atoms with van der Waals surface area (Å²) in [5.41, 5.74) is 12.4. The van der Waals surface area contributed by atoms with E-state index in [9.17, 15) is 5.26 Å². The van der Waals surface area contributed by atoms with Crippen molar-refractivity contribution in [1.82, 2.24) is 0 Å². The number of nitrogens with zero attached hydrogens (tertiary/aromatic N) is 2. The highest BCUT2D eigenvalue weighted by Crippen LogP contribution is 2.43. The molecule has 7 aromatic rings. The van der Waals surface area contributed by atoms with E-state index in [0.29, 0.717) is 11.5 Å². The first kappa shape index (κ1) is 26.4. The lowest BCUT2D eigenvalue weighted by Crippen LogP contribution is -2.32. The van der Waals surface area contributed by atoms with Crippen molar-refractivity contribution in [2.24, 2.45) is 7.05 Å². The first-order valence-electron chi connectivity index (χ1n) is 15.6. The van der Waals surface area contributed by atoms with Crippen molar-refractivity contribution < 1.29 is 8.98 Å². The zero-order chi connectivity index (χ0) is 29.8. The fourth-order valence-corrected chi connectivity index (χ4v) is 7.48. The molecule has 0 spiro atoms. The third kappa shape index (κ3) is 4.13. The van der Waals surface area contributed by atoms with Crippen LogP contribution in [-0.2, 0) is 7.05 Å². The minimum Gasteiger partial charge on any atom is -0.454 e. The average molecular weight is 570 g/mol. The number of fused-ring (bicyclic) bond motifs is 4. The molecule has 8 rings (SSSR count). The maximum Gasteiger partial charge on any atom is 0.216 e. The van der Waals surface area contributed by atoms with E-state index in [0.717, 1.165) is 61.0 Å². The second-order valence-corrected chi connectivity index (χ2v) is 12.2. The Balaban J connectivity index is 1.36. The fraction of sp³-hybridized carbons (Fsp3) is 0.171. The largest absolute Gasteiger partial charge is 0.454 e. The van der Waals surface area contributed by atoms with E-state index in [1.54, 1.807) is 0 Å². The molecule has 0 amide bonds. The molecule has 3 heteroatoms. The van der Waals surface area contributed by atoms with Crippen molar-refractivity contribution >= 4 is 32.8 Å². The number of hydrogen-bond acceptors (Lipinski definition) is 2. The SMILES string of the molecule is Cc1ccc2c(oc3c(-c4cccc(-c5ccccc5)c4)c(C#N)ccc32)c1-c1ccc2c(C3CCCC3)cccc2[n+]1C. The number of aryl methyl sites for hydroxylation is 2. The fourth-order valence-electron chi connectivity index (χ4n) is 7.48. The predicted octanol–water partition coefficient (Wildman–Crippen LogP) is 10.4. The van der Waals surface area contributed by atoms with Gasteiger partial charge in [-0.05, 0) is 77.8 Å². The van der Waals surface area contributed by atoms with Gasteiger partial charge in [-0.25, -0.2) is 0 Å². The van der Waals surface area contributed by atoms with Gasteiger partial charge in [0.2, 0.25) is 11.2 Å². The molecule has 1 aliphatic rings. The van der Waals surface area contributed by atoms with Crippen LogP contribution < -0.4 is 4.57 Å². The Bertz CT molecular complexity index is 2260. The van der Waals surface area contributed by atoms with Crippen molar-refractivity contribution in [3.63, 3.8) is 0 Å². The Morgan fingerprint density at radius 2 is 1.36 bits per heavy atom. The molecule has 3 nitrogen and oxygen atoms in total. The molecule has 44 heavy (non-hydrogen) atoms. The van der Waals surface area contributed by atoms with Gasteiger partial charge in [-0.2, -0.15) is 9.83 Å². The summed E-state index contributed by atoms with van der Waals surface area (Å²) in [4.78, 5) is 0. The number of nitriles is 1. The van der Waals surface area contributed by atoms with Gasteiger partial charge in [0.1, 0.15) is 18.2 Å². The molecule has 2 heterocycles. The highest BCUT2D eigenvalue weighted by Gasteiger charge is 2.26. The molecular weight excluding hydrogens is 536 g/mol. The number of aromatic nitrogens is 1. The van der Waals surface area contributed by atoms with Crippen LogP contribution in [0.15, 0.2) is 114 Å². The maximum atomic E-state index is 10.2. The highest BCUT2D eigenvalue weighted by molar-refractivity contribution is 6.14. The Kier molecular flexibility index (Phi) is 6.31. The molecule has 5 aromatic carbocycles. The summed E-state index contributed by atoms with van der Waals surface area (Å²) >= 11 is 0. The predicted molar refractivity (Wildman–Crippen MR) is 179 cm³/mol. The summed E-state index contributed by atoms with van der Waals surface area (Å²) in [5, 5.41) is 13.6. The van der Waals surface area contributed by atoms with Gasteiger partial charge in [0.05, 0.1) is 17.2 Å². The summed E-state index contributed by atoms with van der Waals surface area (Å²) in [5.74, 6) is 0.651. The Hall–Kier alpha value is -5.20. The highest BCUT2D eigenvalue weighted by atomic mass is 16.3. The van der Waals surface area contributed by atoms with Crippen LogP contribution in [0.1, 0.15) is 48.3 Å². The van der Waals surface area contributed by atoms with Gasteiger partial charge in [-0.1, -0.05) is 85.6 Å². The first-order chi connectivity index (χ1) is 21.6. The summed E-state index contributed by atoms with van der Waals surface area (Å²) in [6, 6.07) is 40.9. The van der Waals surface area contributed by atoms with E-state index in [4.69, 9.17) is 4.42 Å². The van der Waals surface area contributed by atoms with E-state index in [2.05, 4.69) is 116 Å². The molecule has 1 fully saturated rings. The number of benzene rings is 5. The third-order valence-electron chi connectivity index (χ3n) is 9.70. The molecule has 0 aliphatic heterocycles. The van der Waals surface area contributed by atoms with E-state index >= 15 is 0 Å². The summed E-state index contributed by atoms with van der Waals surface area (Å²) in [6.45, 7) is 2.16. The van der Waals surface area contributed by atoms with E-state index in [1.807, 2.05) is 18.2 Å². The van der Waals surface area contributed by atoms with E-state index in [1.165, 1.54) is 42.1 Å². The summed E-state index contributed by atoms with van der Waals surface area (Å²) in [6.07, 6.45) is 5.21. The standard InChI is InChI=1S/C41H33N2O/c1-26-18-20-34-35-21-19-31(25-42)39(30-15-8-14-29(24-30)27-10-4-3-5-11-27)41(35)44-40(34)38(26)37-23-22-33-32(28-12-6-7-13-28)16-9-17-36(33)43(37)2/h3-5,8-11,14-24,28H,6-7,12-13H2,1-2H3/q+1. The second-order valence-electron chi connectivity index (χ2n) is 12.2. The van der Waals surface area contributed by atoms with Crippen LogP contribution in [0.5, 0.6) is 0 Å². The lowest BCUT2D eigenvalue weighted by molar-refractivity contribution is -0.633. The van der Waals surface area contributed by atoms with Crippen molar-refractivity contribution in [1.29, 1.82) is 5.26 Å². The van der Waals surface area contributed by atoms with Crippen LogP contribution in [0.4, 0.5) is 0 Å². The van der Waals surface area contributed by atoms with Crippen LogP contribution in [0, 0.1) is 18.3 Å². The van der Waals surface area contributed by atoms with Crippen LogP contribution in [0.3, 0.4) is 0 Å². The molecule has 0 N–H and O–H groups in total. The van der Waals surface area contributed by atoms with Crippen molar-refractivity contribution in [2.45, 2.75) is 38.5 Å². The smallest absolute Gasteiger partial charge is 0.216 e. The molecule has 1 aliphatic carbocycles. The number of hydrogen-bond donors (Lipinski definition) is 0. The second kappa shape index (κ2) is 10.5. The molecule has 0 saturated heterocycles. The Labute approximate surface area is 257 Å². The van der Waals surface area contributed by atoms with Gasteiger partial charge < -0.3 is 4.42 Å². The molecule has 212 valence electrons. The molecule has 1 saturated carbocycles. The third-order valence-corrected chi connectivity index (χ3v) is 9.70. The summed E-state index contributed by atoms with van der Waals surface area (Å²) in [7, 11) is 2.17. The van der Waals surface area contributed by atoms with Crippen molar-refractivity contribution in [3.05, 3.63) is 126 Å². The monoisotopic (exact) mass is 569 g/mol. The molecule has 0 bridgehead atoms. The van der Waals surface area contributed by atoms with Gasteiger partial charge >= 0.3 is 0 Å². The average Bonchev–Trinajstić information content (AvgIpc) is 3.74. The van der Waals surface area contributed by atoms with Gasteiger partial charge in [0.25, 0.3) is 0 Å². The van der Waals surface area contributed by atoms with Crippen LogP contribution in [-0.4, -0.2) is 0 Å². The van der Waals surface area contributed by atoms with Gasteiger partial charge in [0, 0.05) is 33.9 Å². The molecule has 0 unspecified atom stereocenters. The quantitative estimate of drug-likeness (QED) is 0.198. The number of rotatable bonds is 4. The molecule has 2 aromatic heterocycles. The first-order valence-corrected chi connectivity index (χ1v) is 15.6. The number of pyridine rings is 1. The van der Waals surface area contributed by atoms with E-state index < -0.39 is 0 Å². The minimum absolute atomic E-state index is 0.607. The lowest BCUT2D eigenvalue weighted by atomic mass is 9.92. The van der Waals surface area contributed by atoms with Gasteiger partial charge in [0.15, 0.2) is 0 Å². The number of furan rings is 1.